The van der Waals surface area contributed by atoms with Crippen molar-refractivity contribution in [3.05, 3.63) is 35.9 Å². The number of nitrogens with one attached hydrogen (secondary N) is 1. The third-order valence-corrected chi connectivity index (χ3v) is 14.2. The molecular formula is C36H56N2O4S. The van der Waals surface area contributed by atoms with E-state index in [0.717, 1.165) is 54.8 Å². The minimum Gasteiger partial charge on any atom is -0.446 e. The summed E-state index contributed by atoms with van der Waals surface area (Å²) in [7, 11) is -0.504. The summed E-state index contributed by atoms with van der Waals surface area (Å²) in [5, 5.41) is 2.80. The fourth-order valence-electron chi connectivity index (χ4n) is 9.97. The molecule has 0 spiro atoms. The van der Waals surface area contributed by atoms with Crippen LogP contribution in [0, 0.1) is 46.3 Å². The SMILES string of the molecule is CC(C)CCC[C@H](C)[C@H]1CC[C@H]2[C@@H]3CC=C4C[C@H](OC(=O)Nc5ccc(S(=O)(=O)N(C)C)cc5)CC[C@]4(C)[C@H]3CC[C@]12C. The molecule has 240 valence electrons. The Balaban J connectivity index is 1.19. The highest BCUT2D eigenvalue weighted by atomic mass is 32.2. The number of carbonyl (C=O) groups is 1. The lowest BCUT2D eigenvalue weighted by atomic mass is 9.47. The summed E-state index contributed by atoms with van der Waals surface area (Å²) in [5.41, 5.74) is 2.75. The van der Waals surface area contributed by atoms with Gasteiger partial charge in [0.1, 0.15) is 6.10 Å². The smallest absolute Gasteiger partial charge is 0.411 e. The Morgan fingerprint density at radius 3 is 2.40 bits per heavy atom. The van der Waals surface area contributed by atoms with Crippen molar-refractivity contribution in [1.82, 2.24) is 4.31 Å². The average Bonchev–Trinajstić information content (AvgIpc) is 3.30. The second-order valence-corrected chi connectivity index (χ2v) is 17.6. The maximum absolute atomic E-state index is 12.8. The van der Waals surface area contributed by atoms with Gasteiger partial charge in [-0.1, -0.05) is 65.5 Å². The van der Waals surface area contributed by atoms with E-state index in [9.17, 15) is 13.2 Å². The number of carbonyl (C=O) groups excluding carboxylic acids is 1. The predicted molar refractivity (Wildman–Crippen MR) is 174 cm³/mol. The molecular weight excluding hydrogens is 556 g/mol. The van der Waals surface area contributed by atoms with Crippen LogP contribution in [0.5, 0.6) is 0 Å². The Labute approximate surface area is 261 Å². The Morgan fingerprint density at radius 1 is 1.00 bits per heavy atom. The Kier molecular flexibility index (Phi) is 9.46. The number of fused-ring (bicyclic) bond motifs is 5. The quantitative estimate of drug-likeness (QED) is 0.283. The lowest BCUT2D eigenvalue weighted by molar-refractivity contribution is -0.0577. The molecule has 1 aromatic carbocycles. The monoisotopic (exact) mass is 612 g/mol. The van der Waals surface area contributed by atoms with Crippen LogP contribution in [0.4, 0.5) is 10.5 Å². The topological polar surface area (TPSA) is 75.7 Å². The van der Waals surface area contributed by atoms with Gasteiger partial charge in [-0.05, 0) is 116 Å². The zero-order chi connectivity index (χ0) is 31.2. The van der Waals surface area contributed by atoms with Crippen molar-refractivity contribution in [3.8, 4) is 0 Å². The van der Waals surface area contributed by atoms with Gasteiger partial charge in [0.2, 0.25) is 10.0 Å². The molecule has 7 heteroatoms. The van der Waals surface area contributed by atoms with Crippen molar-refractivity contribution in [2.75, 3.05) is 19.4 Å². The molecule has 0 radical (unpaired) electrons. The van der Waals surface area contributed by atoms with Crippen LogP contribution in [0.2, 0.25) is 0 Å². The van der Waals surface area contributed by atoms with E-state index in [1.54, 1.807) is 12.1 Å². The van der Waals surface area contributed by atoms with E-state index in [1.165, 1.54) is 87.5 Å². The maximum Gasteiger partial charge on any atom is 0.411 e. The number of sulfonamides is 1. The normalized spacial score (nSPS) is 34.6. The van der Waals surface area contributed by atoms with Gasteiger partial charge in [-0.25, -0.2) is 17.5 Å². The molecule has 43 heavy (non-hydrogen) atoms. The molecule has 0 aromatic heterocycles. The van der Waals surface area contributed by atoms with E-state index >= 15 is 0 Å². The Morgan fingerprint density at radius 2 is 1.72 bits per heavy atom. The van der Waals surface area contributed by atoms with E-state index in [0.29, 0.717) is 11.1 Å². The van der Waals surface area contributed by atoms with Crippen LogP contribution in [0.25, 0.3) is 0 Å². The minimum absolute atomic E-state index is 0.124. The number of hydrogen-bond acceptors (Lipinski definition) is 4. The maximum atomic E-state index is 12.8. The first-order valence-electron chi connectivity index (χ1n) is 17.0. The van der Waals surface area contributed by atoms with Crippen LogP contribution >= 0.6 is 0 Å². The molecule has 0 heterocycles. The number of anilines is 1. The third-order valence-electron chi connectivity index (χ3n) is 12.4. The molecule has 8 atom stereocenters. The van der Waals surface area contributed by atoms with Gasteiger partial charge in [0.25, 0.3) is 0 Å². The Bertz CT molecular complexity index is 1290. The number of nitrogens with zero attached hydrogens (tertiary/aromatic N) is 1. The van der Waals surface area contributed by atoms with Crippen LogP contribution in [0.1, 0.15) is 105 Å². The molecule has 4 aliphatic rings. The highest BCUT2D eigenvalue weighted by Crippen LogP contribution is 2.67. The molecule has 6 nitrogen and oxygen atoms in total. The van der Waals surface area contributed by atoms with Crippen LogP contribution in [-0.4, -0.2) is 39.0 Å². The summed E-state index contributed by atoms with van der Waals surface area (Å²) in [5.74, 6) is 4.89. The predicted octanol–water partition coefficient (Wildman–Crippen LogP) is 8.90. The molecule has 0 aliphatic heterocycles. The third kappa shape index (κ3) is 6.32. The van der Waals surface area contributed by atoms with Gasteiger partial charge in [0.15, 0.2) is 0 Å². The number of allylic oxidation sites excluding steroid dienone is 1. The van der Waals surface area contributed by atoms with Gasteiger partial charge in [0.05, 0.1) is 4.90 Å². The molecule has 1 aromatic rings. The Hall–Kier alpha value is -1.86. The van der Waals surface area contributed by atoms with Crippen molar-refractivity contribution in [2.45, 2.75) is 116 Å². The first-order valence-corrected chi connectivity index (χ1v) is 18.4. The fourth-order valence-corrected chi connectivity index (χ4v) is 10.9. The van der Waals surface area contributed by atoms with Gasteiger partial charge in [-0.15, -0.1) is 0 Å². The standard InChI is InChI=1S/C36H56N2O4S/c1-24(2)9-8-10-25(3)31-17-18-32-30-16-11-26-23-28(19-21-35(26,4)33(30)20-22-36(31,32)5)42-34(39)37-27-12-14-29(15-13-27)43(40,41)38(6)7/h11-15,24-25,28,30-33H,8-10,16-23H2,1-7H3,(H,37,39)/t25-,28+,30-,31+,32-,33-,35-,36+/m0/s1. The molecule has 0 unspecified atom stereocenters. The van der Waals surface area contributed by atoms with E-state index in [2.05, 4.69) is 46.0 Å². The summed E-state index contributed by atoms with van der Waals surface area (Å²) in [6.45, 7) is 12.4. The van der Waals surface area contributed by atoms with Crippen molar-refractivity contribution in [3.63, 3.8) is 0 Å². The van der Waals surface area contributed by atoms with Gasteiger partial charge < -0.3 is 4.74 Å². The van der Waals surface area contributed by atoms with Gasteiger partial charge in [-0.3, -0.25) is 5.32 Å². The molecule has 3 saturated carbocycles. The number of amides is 1. The molecule has 0 bridgehead atoms. The molecule has 3 fully saturated rings. The van der Waals surface area contributed by atoms with E-state index in [1.807, 2.05) is 0 Å². The summed E-state index contributed by atoms with van der Waals surface area (Å²) >= 11 is 0. The van der Waals surface area contributed by atoms with Crippen molar-refractivity contribution < 1.29 is 17.9 Å². The highest BCUT2D eigenvalue weighted by molar-refractivity contribution is 7.89. The number of rotatable bonds is 9. The zero-order valence-corrected chi connectivity index (χ0v) is 28.5. The second kappa shape index (κ2) is 12.5. The van der Waals surface area contributed by atoms with Gasteiger partial charge in [0, 0.05) is 26.2 Å². The lowest BCUT2D eigenvalue weighted by Gasteiger charge is -2.58. The van der Waals surface area contributed by atoms with Crippen LogP contribution in [-0.2, 0) is 14.8 Å². The molecule has 4 aliphatic carbocycles. The molecule has 5 rings (SSSR count). The number of benzene rings is 1. The second-order valence-electron chi connectivity index (χ2n) is 15.5. The molecule has 1 amide bonds. The molecule has 1 N–H and O–H groups in total. The van der Waals surface area contributed by atoms with Gasteiger partial charge >= 0.3 is 6.09 Å². The number of hydrogen-bond donors (Lipinski definition) is 1. The summed E-state index contributed by atoms with van der Waals surface area (Å²) in [6, 6.07) is 6.23. The van der Waals surface area contributed by atoms with Crippen LogP contribution < -0.4 is 5.32 Å². The zero-order valence-electron chi connectivity index (χ0n) is 27.7. The summed E-state index contributed by atoms with van der Waals surface area (Å²) < 4.78 is 31.8. The van der Waals surface area contributed by atoms with Crippen LogP contribution in [0.15, 0.2) is 40.8 Å². The van der Waals surface area contributed by atoms with E-state index < -0.39 is 16.1 Å². The largest absolute Gasteiger partial charge is 0.446 e. The van der Waals surface area contributed by atoms with Crippen LogP contribution in [0.3, 0.4) is 0 Å². The number of ether oxygens (including phenoxy) is 1. The van der Waals surface area contributed by atoms with Crippen molar-refractivity contribution >= 4 is 21.8 Å². The van der Waals surface area contributed by atoms with E-state index in [4.69, 9.17) is 4.74 Å². The summed E-state index contributed by atoms with van der Waals surface area (Å²) in [4.78, 5) is 13.0. The lowest BCUT2D eigenvalue weighted by Crippen LogP contribution is -2.51. The minimum atomic E-state index is -3.51. The summed E-state index contributed by atoms with van der Waals surface area (Å²) in [6.07, 6.45) is 15.6. The first kappa shape index (κ1) is 32.5. The van der Waals surface area contributed by atoms with Crippen molar-refractivity contribution in [2.24, 2.45) is 46.3 Å². The first-order chi connectivity index (χ1) is 20.3. The van der Waals surface area contributed by atoms with Gasteiger partial charge in [-0.2, -0.15) is 0 Å². The highest BCUT2D eigenvalue weighted by Gasteiger charge is 2.59. The van der Waals surface area contributed by atoms with E-state index in [-0.39, 0.29) is 16.4 Å². The molecule has 0 saturated heterocycles. The fraction of sp³-hybridized carbons (Fsp3) is 0.750. The van der Waals surface area contributed by atoms with Crippen molar-refractivity contribution in [1.29, 1.82) is 0 Å². The average molecular weight is 613 g/mol.